The summed E-state index contributed by atoms with van der Waals surface area (Å²) in [5.74, 6) is 1.59. The Hall–Kier alpha value is -3.10. The number of carbonyl (C=O) groups excluding carboxylic acids is 2. The Morgan fingerprint density at radius 3 is 2.52 bits per heavy atom. The molecule has 2 aliphatic rings. The SMILES string of the molecule is CCOc1ccc(-c2nnc3n2C2C(C(=O)NC(=O)N2C)N3C)cc1. The summed E-state index contributed by atoms with van der Waals surface area (Å²) in [6.45, 7) is 2.52. The molecule has 130 valence electrons. The fourth-order valence-corrected chi connectivity index (χ4v) is 3.38. The van der Waals surface area contributed by atoms with Gasteiger partial charge in [-0.15, -0.1) is 10.2 Å². The average Bonchev–Trinajstić information content (AvgIpc) is 3.14. The highest BCUT2D eigenvalue weighted by Gasteiger charge is 2.51. The summed E-state index contributed by atoms with van der Waals surface area (Å²) in [5, 5.41) is 10.9. The Labute approximate surface area is 144 Å². The average molecular weight is 342 g/mol. The summed E-state index contributed by atoms with van der Waals surface area (Å²) in [7, 11) is 3.43. The van der Waals surface area contributed by atoms with E-state index in [2.05, 4.69) is 15.5 Å². The van der Waals surface area contributed by atoms with Crippen molar-refractivity contribution < 1.29 is 14.3 Å². The number of nitrogens with one attached hydrogen (secondary N) is 1. The van der Waals surface area contributed by atoms with E-state index in [9.17, 15) is 9.59 Å². The fraction of sp³-hybridized carbons (Fsp3) is 0.375. The predicted molar refractivity (Wildman–Crippen MR) is 89.2 cm³/mol. The highest BCUT2D eigenvalue weighted by molar-refractivity contribution is 6.02. The van der Waals surface area contributed by atoms with Gasteiger partial charge in [-0.05, 0) is 31.2 Å². The van der Waals surface area contributed by atoms with Crippen molar-refractivity contribution in [2.75, 3.05) is 25.6 Å². The van der Waals surface area contributed by atoms with Crippen molar-refractivity contribution in [2.24, 2.45) is 0 Å². The minimum Gasteiger partial charge on any atom is -0.494 e. The van der Waals surface area contributed by atoms with Crippen molar-refractivity contribution in [1.82, 2.24) is 25.0 Å². The van der Waals surface area contributed by atoms with Crippen LogP contribution in [0.25, 0.3) is 11.4 Å². The molecule has 4 rings (SSSR count). The van der Waals surface area contributed by atoms with Crippen molar-refractivity contribution >= 4 is 17.9 Å². The molecule has 25 heavy (non-hydrogen) atoms. The lowest BCUT2D eigenvalue weighted by atomic mass is 10.1. The number of amides is 3. The highest BCUT2D eigenvalue weighted by Crippen LogP contribution is 2.39. The zero-order valence-corrected chi connectivity index (χ0v) is 14.1. The number of carbonyl (C=O) groups is 2. The molecule has 1 fully saturated rings. The van der Waals surface area contributed by atoms with Gasteiger partial charge in [0.2, 0.25) is 5.95 Å². The van der Waals surface area contributed by atoms with Gasteiger partial charge in [0, 0.05) is 19.7 Å². The van der Waals surface area contributed by atoms with Gasteiger partial charge < -0.3 is 14.5 Å². The van der Waals surface area contributed by atoms with Gasteiger partial charge in [0.25, 0.3) is 5.91 Å². The summed E-state index contributed by atoms with van der Waals surface area (Å²) in [5.41, 5.74) is 0.836. The second-order valence-electron chi connectivity index (χ2n) is 6.03. The molecule has 0 bridgehead atoms. The third kappa shape index (κ3) is 2.15. The molecule has 2 aromatic rings. The second kappa shape index (κ2) is 5.47. The van der Waals surface area contributed by atoms with E-state index in [1.807, 2.05) is 35.8 Å². The number of anilines is 1. The van der Waals surface area contributed by atoms with E-state index in [1.54, 1.807) is 19.0 Å². The molecule has 0 spiro atoms. The van der Waals surface area contributed by atoms with E-state index in [4.69, 9.17) is 4.74 Å². The van der Waals surface area contributed by atoms with Crippen LogP contribution in [0.2, 0.25) is 0 Å². The monoisotopic (exact) mass is 342 g/mol. The van der Waals surface area contributed by atoms with Crippen LogP contribution >= 0.6 is 0 Å². The third-order valence-corrected chi connectivity index (χ3v) is 4.60. The van der Waals surface area contributed by atoms with E-state index in [0.717, 1.165) is 11.3 Å². The first-order valence-corrected chi connectivity index (χ1v) is 8.01. The van der Waals surface area contributed by atoms with Gasteiger partial charge in [0.1, 0.15) is 11.9 Å². The number of benzene rings is 1. The van der Waals surface area contributed by atoms with Crippen LogP contribution in [0.4, 0.5) is 10.7 Å². The summed E-state index contributed by atoms with van der Waals surface area (Å²) < 4.78 is 7.29. The van der Waals surface area contributed by atoms with Gasteiger partial charge in [-0.1, -0.05) is 0 Å². The maximum atomic E-state index is 12.3. The Morgan fingerprint density at radius 1 is 1.12 bits per heavy atom. The van der Waals surface area contributed by atoms with E-state index in [-0.39, 0.29) is 5.91 Å². The molecule has 1 saturated heterocycles. The van der Waals surface area contributed by atoms with Gasteiger partial charge in [0.05, 0.1) is 6.61 Å². The number of hydrogen-bond donors (Lipinski definition) is 1. The smallest absolute Gasteiger partial charge is 0.325 e. The molecule has 0 saturated carbocycles. The number of fused-ring (bicyclic) bond motifs is 3. The van der Waals surface area contributed by atoms with Crippen LogP contribution in [-0.4, -0.2) is 58.3 Å². The molecule has 9 nitrogen and oxygen atoms in total. The zero-order chi connectivity index (χ0) is 17.7. The number of hydrogen-bond acceptors (Lipinski definition) is 6. The molecule has 2 atom stereocenters. The van der Waals surface area contributed by atoms with Crippen LogP contribution in [-0.2, 0) is 4.79 Å². The molecular formula is C16H18N6O3. The van der Waals surface area contributed by atoms with Crippen LogP contribution < -0.4 is 15.0 Å². The van der Waals surface area contributed by atoms with Crippen molar-refractivity contribution in [3.63, 3.8) is 0 Å². The third-order valence-electron chi connectivity index (χ3n) is 4.60. The van der Waals surface area contributed by atoms with Crippen LogP contribution in [0.15, 0.2) is 24.3 Å². The summed E-state index contributed by atoms with van der Waals surface area (Å²) in [6.07, 6.45) is -0.488. The van der Waals surface area contributed by atoms with E-state index >= 15 is 0 Å². The molecule has 3 heterocycles. The number of rotatable bonds is 3. The molecule has 1 aromatic carbocycles. The van der Waals surface area contributed by atoms with Gasteiger partial charge in [-0.25, -0.2) is 4.79 Å². The minimum atomic E-state index is -0.533. The van der Waals surface area contributed by atoms with Crippen LogP contribution in [0.5, 0.6) is 5.75 Å². The lowest BCUT2D eigenvalue weighted by molar-refractivity contribution is -0.124. The summed E-state index contributed by atoms with van der Waals surface area (Å²) in [6, 6.07) is 6.53. The first kappa shape index (κ1) is 15.4. The van der Waals surface area contributed by atoms with Crippen LogP contribution in [0.1, 0.15) is 13.1 Å². The molecule has 1 N–H and O–H groups in total. The predicted octanol–water partition coefficient (Wildman–Crippen LogP) is 0.842. The number of urea groups is 1. The number of nitrogens with zero attached hydrogens (tertiary/aromatic N) is 5. The number of likely N-dealkylation sites (N-methyl/N-ethyl adjacent to an activating group) is 2. The quantitative estimate of drug-likeness (QED) is 0.889. The standard InChI is InChI=1S/C16H18N6O3/c1-4-25-10-7-5-9(6-8-10)12-18-19-15-20(2)11-13(23)17-16(24)21(3)14(11)22(12)15/h5-8,11,14H,4H2,1-3H3,(H,17,23,24). The topological polar surface area (TPSA) is 92.6 Å². The van der Waals surface area contributed by atoms with E-state index in [0.29, 0.717) is 18.4 Å². The first-order valence-electron chi connectivity index (χ1n) is 8.01. The molecule has 1 aromatic heterocycles. The van der Waals surface area contributed by atoms with Crippen molar-refractivity contribution in [1.29, 1.82) is 0 Å². The summed E-state index contributed by atoms with van der Waals surface area (Å²) >= 11 is 0. The lowest BCUT2D eigenvalue weighted by Gasteiger charge is -2.36. The molecular weight excluding hydrogens is 324 g/mol. The lowest BCUT2D eigenvalue weighted by Crippen LogP contribution is -2.60. The molecule has 2 aliphatic heterocycles. The van der Waals surface area contributed by atoms with E-state index < -0.39 is 18.2 Å². The van der Waals surface area contributed by atoms with Gasteiger partial charge in [0.15, 0.2) is 11.9 Å². The molecule has 0 radical (unpaired) electrons. The second-order valence-corrected chi connectivity index (χ2v) is 6.03. The Morgan fingerprint density at radius 2 is 1.84 bits per heavy atom. The summed E-state index contributed by atoms with van der Waals surface area (Å²) in [4.78, 5) is 27.6. The van der Waals surface area contributed by atoms with Crippen molar-refractivity contribution in [3.8, 4) is 17.1 Å². The zero-order valence-electron chi connectivity index (χ0n) is 14.1. The molecule has 3 amide bonds. The molecule has 2 unspecified atom stereocenters. The largest absolute Gasteiger partial charge is 0.494 e. The Balaban J connectivity index is 1.79. The normalized spacial score (nSPS) is 21.9. The van der Waals surface area contributed by atoms with Gasteiger partial charge >= 0.3 is 6.03 Å². The van der Waals surface area contributed by atoms with E-state index in [1.165, 1.54) is 4.90 Å². The number of ether oxygens (including phenoxy) is 1. The maximum Gasteiger partial charge on any atom is 0.325 e. The Bertz CT molecular complexity index is 846. The first-order chi connectivity index (χ1) is 12.0. The van der Waals surface area contributed by atoms with Crippen LogP contribution in [0.3, 0.4) is 0 Å². The maximum absolute atomic E-state index is 12.3. The molecule has 9 heteroatoms. The minimum absolute atomic E-state index is 0.334. The Kier molecular flexibility index (Phi) is 3.38. The van der Waals surface area contributed by atoms with Crippen LogP contribution in [0, 0.1) is 0 Å². The number of aromatic nitrogens is 3. The highest BCUT2D eigenvalue weighted by atomic mass is 16.5. The number of imide groups is 1. The fourth-order valence-electron chi connectivity index (χ4n) is 3.38. The van der Waals surface area contributed by atoms with Gasteiger partial charge in [-0.2, -0.15) is 0 Å². The molecule has 0 aliphatic carbocycles. The van der Waals surface area contributed by atoms with Crippen molar-refractivity contribution in [2.45, 2.75) is 19.1 Å². The van der Waals surface area contributed by atoms with Crippen molar-refractivity contribution in [3.05, 3.63) is 24.3 Å². The van der Waals surface area contributed by atoms with Gasteiger partial charge in [-0.3, -0.25) is 14.7 Å².